The number of anilines is 2. The highest BCUT2D eigenvalue weighted by Crippen LogP contribution is 2.18. The van der Waals surface area contributed by atoms with Crippen molar-refractivity contribution in [3.05, 3.63) is 47.3 Å². The molecular formula is C21H28N4O3. The van der Waals surface area contributed by atoms with Gasteiger partial charge in [0.25, 0.3) is 5.91 Å². The van der Waals surface area contributed by atoms with Gasteiger partial charge < -0.3 is 15.0 Å². The predicted octanol–water partition coefficient (Wildman–Crippen LogP) is 3.84. The number of amides is 1. The van der Waals surface area contributed by atoms with Gasteiger partial charge in [0.15, 0.2) is 0 Å². The van der Waals surface area contributed by atoms with Gasteiger partial charge in [-0.3, -0.25) is 4.79 Å². The molecule has 2 rings (SSSR count). The van der Waals surface area contributed by atoms with Crippen LogP contribution >= 0.6 is 0 Å². The van der Waals surface area contributed by atoms with E-state index < -0.39 is 11.9 Å². The van der Waals surface area contributed by atoms with Crippen molar-refractivity contribution in [2.24, 2.45) is 0 Å². The number of nitrogens with one attached hydrogen (secondary N) is 1. The zero-order valence-electron chi connectivity index (χ0n) is 17.0. The van der Waals surface area contributed by atoms with E-state index in [-0.39, 0.29) is 12.3 Å². The highest BCUT2D eigenvalue weighted by Gasteiger charge is 2.18. The SMILES string of the molecule is CCCN(CCC)c1nc(C)cc(C(=O)Nc2ccccc2C(=O)OCC)n1. The molecule has 150 valence electrons. The number of carbonyl (C=O) groups excluding carboxylic acids is 2. The molecule has 0 saturated heterocycles. The van der Waals surface area contributed by atoms with Crippen LogP contribution in [0.2, 0.25) is 0 Å². The highest BCUT2D eigenvalue weighted by atomic mass is 16.5. The van der Waals surface area contributed by atoms with Gasteiger partial charge in [0.05, 0.1) is 17.9 Å². The number of benzene rings is 1. The van der Waals surface area contributed by atoms with E-state index in [2.05, 4.69) is 34.0 Å². The molecule has 0 unspecified atom stereocenters. The Morgan fingerprint density at radius 2 is 1.75 bits per heavy atom. The van der Waals surface area contributed by atoms with Gasteiger partial charge in [-0.25, -0.2) is 14.8 Å². The van der Waals surface area contributed by atoms with Crippen molar-refractivity contribution in [2.45, 2.75) is 40.5 Å². The second-order valence-electron chi connectivity index (χ2n) is 6.40. The third kappa shape index (κ3) is 5.52. The van der Waals surface area contributed by atoms with Gasteiger partial charge in [0.2, 0.25) is 5.95 Å². The average molecular weight is 384 g/mol. The second-order valence-corrected chi connectivity index (χ2v) is 6.40. The van der Waals surface area contributed by atoms with Gasteiger partial charge in [-0.1, -0.05) is 26.0 Å². The van der Waals surface area contributed by atoms with Crippen LogP contribution in [0.4, 0.5) is 11.6 Å². The Hall–Kier alpha value is -2.96. The smallest absolute Gasteiger partial charge is 0.340 e. The topological polar surface area (TPSA) is 84.4 Å². The summed E-state index contributed by atoms with van der Waals surface area (Å²) < 4.78 is 5.06. The number of esters is 1. The summed E-state index contributed by atoms with van der Waals surface area (Å²) in [5.41, 5.74) is 1.68. The predicted molar refractivity (Wildman–Crippen MR) is 110 cm³/mol. The molecule has 0 bridgehead atoms. The van der Waals surface area contributed by atoms with Gasteiger partial charge in [0.1, 0.15) is 5.69 Å². The first kappa shape index (κ1) is 21.3. The summed E-state index contributed by atoms with van der Waals surface area (Å²) in [4.78, 5) is 36.0. The molecule has 1 aromatic heterocycles. The summed E-state index contributed by atoms with van der Waals surface area (Å²) in [5, 5.41) is 2.77. The van der Waals surface area contributed by atoms with E-state index in [0.717, 1.165) is 25.9 Å². The fourth-order valence-electron chi connectivity index (χ4n) is 2.83. The number of carbonyl (C=O) groups is 2. The first-order valence-corrected chi connectivity index (χ1v) is 9.68. The third-order valence-electron chi connectivity index (χ3n) is 4.02. The molecule has 7 heteroatoms. The highest BCUT2D eigenvalue weighted by molar-refractivity contribution is 6.07. The Labute approximate surface area is 166 Å². The number of hydrogen-bond acceptors (Lipinski definition) is 6. The van der Waals surface area contributed by atoms with E-state index in [9.17, 15) is 9.59 Å². The molecule has 1 aromatic carbocycles. The van der Waals surface area contributed by atoms with Crippen LogP contribution in [-0.2, 0) is 4.74 Å². The Kier molecular flexibility index (Phi) is 7.92. The summed E-state index contributed by atoms with van der Waals surface area (Å²) in [6, 6.07) is 8.40. The fourth-order valence-corrected chi connectivity index (χ4v) is 2.83. The van der Waals surface area contributed by atoms with Crippen molar-refractivity contribution >= 4 is 23.5 Å². The molecule has 28 heavy (non-hydrogen) atoms. The lowest BCUT2D eigenvalue weighted by Crippen LogP contribution is -2.28. The molecule has 0 saturated carbocycles. The van der Waals surface area contributed by atoms with Crippen molar-refractivity contribution in [1.82, 2.24) is 9.97 Å². The molecule has 0 fully saturated rings. The van der Waals surface area contributed by atoms with E-state index in [1.54, 1.807) is 37.3 Å². The van der Waals surface area contributed by atoms with Gasteiger partial charge in [-0.2, -0.15) is 0 Å². The normalized spacial score (nSPS) is 10.4. The number of hydrogen-bond donors (Lipinski definition) is 1. The first-order valence-electron chi connectivity index (χ1n) is 9.68. The van der Waals surface area contributed by atoms with E-state index in [0.29, 0.717) is 22.9 Å². The number of ether oxygens (including phenoxy) is 1. The number of rotatable bonds is 9. The zero-order valence-corrected chi connectivity index (χ0v) is 17.0. The van der Waals surface area contributed by atoms with E-state index in [1.807, 2.05) is 6.92 Å². The number of aromatic nitrogens is 2. The molecule has 0 aliphatic rings. The lowest BCUT2D eigenvalue weighted by molar-refractivity contribution is 0.0527. The molecular weight excluding hydrogens is 356 g/mol. The van der Waals surface area contributed by atoms with E-state index in [4.69, 9.17) is 4.74 Å². The molecule has 0 spiro atoms. The lowest BCUT2D eigenvalue weighted by Gasteiger charge is -2.22. The maximum absolute atomic E-state index is 12.8. The minimum atomic E-state index is -0.477. The van der Waals surface area contributed by atoms with Crippen molar-refractivity contribution in [3.8, 4) is 0 Å². The molecule has 0 radical (unpaired) electrons. The van der Waals surface area contributed by atoms with Crippen molar-refractivity contribution in [3.63, 3.8) is 0 Å². The summed E-state index contributed by atoms with van der Waals surface area (Å²) in [5.74, 6) is -0.320. The van der Waals surface area contributed by atoms with Crippen LogP contribution in [0.5, 0.6) is 0 Å². The number of para-hydroxylation sites is 1. The van der Waals surface area contributed by atoms with Crippen molar-refractivity contribution in [1.29, 1.82) is 0 Å². The van der Waals surface area contributed by atoms with Crippen LogP contribution in [-0.4, -0.2) is 41.5 Å². The lowest BCUT2D eigenvalue weighted by atomic mass is 10.1. The number of nitrogens with zero attached hydrogens (tertiary/aromatic N) is 3. The van der Waals surface area contributed by atoms with Gasteiger partial charge in [0, 0.05) is 18.8 Å². The quantitative estimate of drug-likeness (QED) is 0.661. The van der Waals surface area contributed by atoms with Gasteiger partial charge >= 0.3 is 5.97 Å². The molecule has 0 atom stereocenters. The average Bonchev–Trinajstić information content (AvgIpc) is 2.68. The molecule has 0 aliphatic carbocycles. The Balaban J connectivity index is 2.29. The zero-order chi connectivity index (χ0) is 20.5. The van der Waals surface area contributed by atoms with Crippen LogP contribution in [0.15, 0.2) is 30.3 Å². The Morgan fingerprint density at radius 1 is 1.07 bits per heavy atom. The second kappa shape index (κ2) is 10.4. The molecule has 1 heterocycles. The van der Waals surface area contributed by atoms with Crippen LogP contribution in [0.1, 0.15) is 60.2 Å². The third-order valence-corrected chi connectivity index (χ3v) is 4.02. The van der Waals surface area contributed by atoms with Crippen LogP contribution < -0.4 is 10.2 Å². The molecule has 1 amide bonds. The number of aryl methyl sites for hydroxylation is 1. The monoisotopic (exact) mass is 384 g/mol. The van der Waals surface area contributed by atoms with Crippen LogP contribution in [0.3, 0.4) is 0 Å². The minimum Gasteiger partial charge on any atom is -0.462 e. The van der Waals surface area contributed by atoms with Crippen LogP contribution in [0.25, 0.3) is 0 Å². The standard InChI is InChI=1S/C21H28N4O3/c1-5-12-25(13-6-2)21-22-15(4)14-18(24-21)19(26)23-17-11-9-8-10-16(17)20(27)28-7-3/h8-11,14H,5-7,12-13H2,1-4H3,(H,23,26). The summed E-state index contributed by atoms with van der Waals surface area (Å²) in [7, 11) is 0. The van der Waals surface area contributed by atoms with Crippen molar-refractivity contribution < 1.29 is 14.3 Å². The molecule has 7 nitrogen and oxygen atoms in total. The Bertz CT molecular complexity index is 817. The maximum atomic E-state index is 12.8. The summed E-state index contributed by atoms with van der Waals surface area (Å²) in [6.07, 6.45) is 1.93. The van der Waals surface area contributed by atoms with E-state index >= 15 is 0 Å². The van der Waals surface area contributed by atoms with Gasteiger partial charge in [-0.15, -0.1) is 0 Å². The maximum Gasteiger partial charge on any atom is 0.340 e. The Morgan fingerprint density at radius 3 is 2.39 bits per heavy atom. The minimum absolute atomic E-state index is 0.262. The largest absolute Gasteiger partial charge is 0.462 e. The first-order chi connectivity index (χ1) is 13.5. The van der Waals surface area contributed by atoms with E-state index in [1.165, 1.54) is 0 Å². The molecule has 1 N–H and O–H groups in total. The van der Waals surface area contributed by atoms with Crippen molar-refractivity contribution in [2.75, 3.05) is 29.9 Å². The summed E-state index contributed by atoms with van der Waals surface area (Å²) in [6.45, 7) is 9.68. The van der Waals surface area contributed by atoms with Gasteiger partial charge in [-0.05, 0) is 44.9 Å². The van der Waals surface area contributed by atoms with Crippen LogP contribution in [0, 0.1) is 6.92 Å². The molecule has 0 aliphatic heterocycles. The summed E-state index contributed by atoms with van der Waals surface area (Å²) >= 11 is 0. The molecule has 2 aromatic rings. The fraction of sp³-hybridized carbons (Fsp3) is 0.429.